The quantitative estimate of drug-likeness (QED) is 0.380. The summed E-state index contributed by atoms with van der Waals surface area (Å²) in [6, 6.07) is 23.0. The van der Waals surface area contributed by atoms with Crippen molar-refractivity contribution in [3.63, 3.8) is 0 Å². The molecule has 0 aliphatic heterocycles. The molecule has 9 heteroatoms. The van der Waals surface area contributed by atoms with E-state index < -0.39 is 17.2 Å². The van der Waals surface area contributed by atoms with Gasteiger partial charge in [0.25, 0.3) is 11.5 Å². The molecule has 0 atom stereocenters. The van der Waals surface area contributed by atoms with E-state index in [0.717, 1.165) is 14.8 Å². The lowest BCUT2D eigenvalue weighted by Gasteiger charge is -2.18. The molecule has 3 aromatic carbocycles. The van der Waals surface area contributed by atoms with Crippen molar-refractivity contribution in [3.8, 4) is 17.2 Å². The third-order valence-corrected chi connectivity index (χ3v) is 5.66. The van der Waals surface area contributed by atoms with Crippen molar-refractivity contribution < 1.29 is 14.3 Å². The van der Waals surface area contributed by atoms with Crippen LogP contribution in [0.3, 0.4) is 0 Å². The predicted molar refractivity (Wildman–Crippen MR) is 135 cm³/mol. The predicted octanol–water partition coefficient (Wildman–Crippen LogP) is 2.73. The lowest BCUT2D eigenvalue weighted by molar-refractivity contribution is 0.0773. The molecule has 1 aromatic heterocycles. The van der Waals surface area contributed by atoms with E-state index in [1.165, 1.54) is 19.1 Å². The number of hydrogen-bond donors (Lipinski definition) is 0. The third-order valence-electron chi connectivity index (χ3n) is 5.66. The Bertz CT molecular complexity index is 1480. The molecule has 36 heavy (non-hydrogen) atoms. The molecule has 0 N–H and O–H groups in total. The first-order valence-corrected chi connectivity index (χ1v) is 11.2. The minimum Gasteiger partial charge on any atom is -0.497 e. The highest BCUT2D eigenvalue weighted by Crippen LogP contribution is 2.15. The Morgan fingerprint density at radius 1 is 0.861 bits per heavy atom. The fourth-order valence-corrected chi connectivity index (χ4v) is 3.74. The molecule has 0 aliphatic rings. The summed E-state index contributed by atoms with van der Waals surface area (Å²) < 4.78 is 12.5. The normalized spacial score (nSPS) is 10.6. The van der Waals surface area contributed by atoms with Crippen LogP contribution in [0.4, 0.5) is 0 Å². The molecule has 0 saturated carbocycles. The van der Waals surface area contributed by atoms with Crippen LogP contribution < -0.4 is 20.7 Å². The highest BCUT2D eigenvalue weighted by molar-refractivity contribution is 5.91. The Hall–Kier alpha value is -4.66. The van der Waals surface area contributed by atoms with Gasteiger partial charge in [0.15, 0.2) is 0 Å². The van der Waals surface area contributed by atoms with E-state index in [1.54, 1.807) is 55.6 Å². The van der Waals surface area contributed by atoms with Crippen molar-refractivity contribution in [2.24, 2.45) is 0 Å². The SMILES string of the molecule is COc1ccc(-n2nc(C(=O)N(C)Cc3ccccc3)c(=O)n(Cc3cccc(OC)c3)c2=O)cc1. The zero-order valence-corrected chi connectivity index (χ0v) is 20.2. The monoisotopic (exact) mass is 486 g/mol. The first-order valence-electron chi connectivity index (χ1n) is 11.2. The highest BCUT2D eigenvalue weighted by Gasteiger charge is 2.23. The fraction of sp³-hybridized carbons (Fsp3) is 0.185. The van der Waals surface area contributed by atoms with Gasteiger partial charge in [-0.25, -0.2) is 4.79 Å². The van der Waals surface area contributed by atoms with Crippen LogP contribution in [0.2, 0.25) is 0 Å². The maximum Gasteiger partial charge on any atom is 0.352 e. The molecular weight excluding hydrogens is 460 g/mol. The van der Waals surface area contributed by atoms with Crippen molar-refractivity contribution in [1.29, 1.82) is 0 Å². The smallest absolute Gasteiger partial charge is 0.352 e. The van der Waals surface area contributed by atoms with Gasteiger partial charge in [0, 0.05) is 13.6 Å². The summed E-state index contributed by atoms with van der Waals surface area (Å²) in [6.07, 6.45) is 0. The molecule has 4 aromatic rings. The van der Waals surface area contributed by atoms with Gasteiger partial charge in [-0.1, -0.05) is 42.5 Å². The molecule has 0 fully saturated rings. The summed E-state index contributed by atoms with van der Waals surface area (Å²) in [5.74, 6) is 0.588. The van der Waals surface area contributed by atoms with Gasteiger partial charge in [-0.05, 0) is 47.5 Å². The molecule has 4 rings (SSSR count). The van der Waals surface area contributed by atoms with E-state index in [4.69, 9.17) is 9.47 Å². The van der Waals surface area contributed by atoms with Crippen molar-refractivity contribution in [2.75, 3.05) is 21.3 Å². The Morgan fingerprint density at radius 3 is 2.19 bits per heavy atom. The number of nitrogens with zero attached hydrogens (tertiary/aromatic N) is 4. The maximum atomic E-state index is 13.4. The number of carbonyl (C=O) groups is 1. The van der Waals surface area contributed by atoms with Crippen LogP contribution in [-0.4, -0.2) is 46.4 Å². The summed E-state index contributed by atoms with van der Waals surface area (Å²) in [5, 5.41) is 4.21. The number of hydrogen-bond acceptors (Lipinski definition) is 6. The summed E-state index contributed by atoms with van der Waals surface area (Å²) in [4.78, 5) is 41.6. The van der Waals surface area contributed by atoms with E-state index in [0.29, 0.717) is 22.7 Å². The lowest BCUT2D eigenvalue weighted by Crippen LogP contribution is -2.46. The van der Waals surface area contributed by atoms with Crippen LogP contribution in [0.15, 0.2) is 88.5 Å². The van der Waals surface area contributed by atoms with Crippen LogP contribution in [0.1, 0.15) is 21.6 Å². The van der Waals surface area contributed by atoms with Gasteiger partial charge in [0.2, 0.25) is 5.69 Å². The Labute approximate surface area is 207 Å². The highest BCUT2D eigenvalue weighted by atomic mass is 16.5. The van der Waals surface area contributed by atoms with Crippen LogP contribution >= 0.6 is 0 Å². The van der Waals surface area contributed by atoms with E-state index >= 15 is 0 Å². The van der Waals surface area contributed by atoms with Gasteiger partial charge in [0.1, 0.15) is 11.5 Å². The van der Waals surface area contributed by atoms with Crippen LogP contribution in [0, 0.1) is 0 Å². The Morgan fingerprint density at radius 2 is 1.53 bits per heavy atom. The molecule has 0 saturated heterocycles. The second-order valence-corrected chi connectivity index (χ2v) is 8.13. The average Bonchev–Trinajstić information content (AvgIpc) is 2.91. The van der Waals surface area contributed by atoms with Crippen molar-refractivity contribution >= 4 is 5.91 Å². The van der Waals surface area contributed by atoms with Crippen molar-refractivity contribution in [1.82, 2.24) is 19.2 Å². The summed E-state index contributed by atoms with van der Waals surface area (Å²) in [7, 11) is 4.66. The Balaban J connectivity index is 1.81. The van der Waals surface area contributed by atoms with Crippen LogP contribution in [-0.2, 0) is 13.1 Å². The number of rotatable bonds is 8. The van der Waals surface area contributed by atoms with Crippen LogP contribution in [0.25, 0.3) is 5.69 Å². The number of methoxy groups -OCH3 is 2. The molecule has 0 unspecified atom stereocenters. The van der Waals surface area contributed by atoms with E-state index in [2.05, 4.69) is 5.10 Å². The van der Waals surface area contributed by atoms with E-state index in [-0.39, 0.29) is 18.8 Å². The lowest BCUT2D eigenvalue weighted by atomic mass is 10.2. The molecule has 184 valence electrons. The van der Waals surface area contributed by atoms with Crippen LogP contribution in [0.5, 0.6) is 11.5 Å². The number of aromatic nitrogens is 3. The Kier molecular flexibility index (Phi) is 7.29. The average molecular weight is 487 g/mol. The molecular formula is C27H26N4O5. The van der Waals surface area contributed by atoms with Gasteiger partial charge in [-0.15, -0.1) is 0 Å². The molecule has 0 radical (unpaired) electrons. The first kappa shape index (κ1) is 24.5. The minimum absolute atomic E-state index is 0.0593. The number of carbonyl (C=O) groups excluding carboxylic acids is 1. The summed E-state index contributed by atoms with van der Waals surface area (Å²) in [6.45, 7) is 0.217. The molecule has 0 spiro atoms. The molecule has 0 aliphatic carbocycles. The second kappa shape index (κ2) is 10.7. The van der Waals surface area contributed by atoms with Gasteiger partial charge in [-0.3, -0.25) is 14.2 Å². The number of amides is 1. The summed E-state index contributed by atoms with van der Waals surface area (Å²) in [5.41, 5.74) is 0.157. The van der Waals surface area contributed by atoms with E-state index in [9.17, 15) is 14.4 Å². The topological polar surface area (TPSA) is 95.7 Å². The minimum atomic E-state index is -0.766. The van der Waals surface area contributed by atoms with Crippen molar-refractivity contribution in [2.45, 2.75) is 13.1 Å². The number of benzene rings is 3. The van der Waals surface area contributed by atoms with Gasteiger partial charge in [-0.2, -0.15) is 9.78 Å². The zero-order chi connectivity index (χ0) is 25.7. The maximum absolute atomic E-state index is 13.4. The number of ether oxygens (including phenoxy) is 2. The van der Waals surface area contributed by atoms with Crippen molar-refractivity contribution in [3.05, 3.63) is 117 Å². The largest absolute Gasteiger partial charge is 0.497 e. The molecule has 1 amide bonds. The molecule has 0 bridgehead atoms. The van der Waals surface area contributed by atoms with Gasteiger partial charge in [0.05, 0.1) is 26.5 Å². The van der Waals surface area contributed by atoms with Gasteiger partial charge < -0.3 is 14.4 Å². The molecule has 1 heterocycles. The fourth-order valence-electron chi connectivity index (χ4n) is 3.74. The third kappa shape index (κ3) is 5.20. The van der Waals surface area contributed by atoms with E-state index in [1.807, 2.05) is 30.3 Å². The first-order chi connectivity index (χ1) is 17.4. The second-order valence-electron chi connectivity index (χ2n) is 8.13. The standard InChI is InChI=1S/C27H26N4O5/c1-29(17-19-8-5-4-6-9-19)25(32)24-26(33)30(18-20-10-7-11-23(16-20)36-3)27(34)31(28-24)21-12-14-22(35-2)15-13-21/h4-16H,17-18H2,1-3H3. The zero-order valence-electron chi connectivity index (χ0n) is 20.2. The van der Waals surface area contributed by atoms with Gasteiger partial charge >= 0.3 is 5.69 Å². The summed E-state index contributed by atoms with van der Waals surface area (Å²) >= 11 is 0. The molecule has 9 nitrogen and oxygen atoms in total.